The van der Waals surface area contributed by atoms with Crippen molar-refractivity contribution in [2.45, 2.75) is 34.1 Å². The number of carboxylic acid groups (broad SMARTS) is 2. The third-order valence-electron chi connectivity index (χ3n) is 2.54. The molecular formula is C9H16O4. The zero-order valence-electron chi connectivity index (χ0n) is 8.42. The summed E-state index contributed by atoms with van der Waals surface area (Å²) in [4.78, 5) is 21.9. The smallest absolute Gasteiger partial charge is 0.321 e. The summed E-state index contributed by atoms with van der Waals surface area (Å²) in [5.41, 5.74) is -2.48. The molecule has 0 aliphatic rings. The van der Waals surface area contributed by atoms with E-state index in [1.54, 1.807) is 27.7 Å². The van der Waals surface area contributed by atoms with E-state index >= 15 is 0 Å². The Morgan fingerprint density at radius 3 is 1.38 bits per heavy atom. The van der Waals surface area contributed by atoms with Gasteiger partial charge >= 0.3 is 11.9 Å². The fourth-order valence-corrected chi connectivity index (χ4v) is 1.57. The maximum absolute atomic E-state index is 11.0. The number of carboxylic acids is 2. The number of hydrogen-bond acceptors (Lipinski definition) is 2. The highest BCUT2D eigenvalue weighted by Crippen LogP contribution is 2.42. The molecule has 0 unspecified atom stereocenters. The Bertz CT molecular complexity index is 210. The molecule has 0 heterocycles. The van der Waals surface area contributed by atoms with Crippen LogP contribution in [0.25, 0.3) is 0 Å². The van der Waals surface area contributed by atoms with Crippen molar-refractivity contribution in [3.8, 4) is 0 Å². The predicted molar refractivity (Wildman–Crippen MR) is 47.5 cm³/mol. The lowest BCUT2D eigenvalue weighted by Gasteiger charge is -2.36. The van der Waals surface area contributed by atoms with Gasteiger partial charge in [-0.05, 0) is 11.8 Å². The molecule has 4 nitrogen and oxygen atoms in total. The Kier molecular flexibility index (Phi) is 3.08. The first kappa shape index (κ1) is 11.9. The molecule has 2 N–H and O–H groups in total. The van der Waals surface area contributed by atoms with Crippen molar-refractivity contribution in [1.82, 2.24) is 0 Å². The van der Waals surface area contributed by atoms with Gasteiger partial charge in [0.05, 0.1) is 0 Å². The molecule has 0 aromatic heterocycles. The minimum absolute atomic E-state index is 0.0845. The van der Waals surface area contributed by atoms with E-state index in [0.29, 0.717) is 0 Å². The van der Waals surface area contributed by atoms with Crippen molar-refractivity contribution in [3.05, 3.63) is 0 Å². The van der Waals surface area contributed by atoms with Gasteiger partial charge in [-0.2, -0.15) is 0 Å². The van der Waals surface area contributed by atoms with Crippen LogP contribution >= 0.6 is 0 Å². The Morgan fingerprint density at radius 1 is 1.08 bits per heavy atom. The van der Waals surface area contributed by atoms with Gasteiger partial charge in [-0.15, -0.1) is 0 Å². The molecule has 0 radical (unpaired) electrons. The highest BCUT2D eigenvalue weighted by atomic mass is 16.4. The topological polar surface area (TPSA) is 74.6 Å². The van der Waals surface area contributed by atoms with E-state index in [2.05, 4.69) is 0 Å². The van der Waals surface area contributed by atoms with Crippen LogP contribution in [0.3, 0.4) is 0 Å². The summed E-state index contributed by atoms with van der Waals surface area (Å²) in [5, 5.41) is 17.9. The van der Waals surface area contributed by atoms with Crippen LogP contribution in [-0.2, 0) is 9.59 Å². The minimum Gasteiger partial charge on any atom is -0.480 e. The van der Waals surface area contributed by atoms with E-state index in [1.807, 2.05) is 0 Å². The lowest BCUT2D eigenvalue weighted by molar-refractivity contribution is -0.174. The van der Waals surface area contributed by atoms with Crippen LogP contribution in [-0.4, -0.2) is 22.2 Å². The van der Waals surface area contributed by atoms with Crippen LogP contribution < -0.4 is 0 Å². The van der Waals surface area contributed by atoms with Crippen molar-refractivity contribution < 1.29 is 19.8 Å². The van der Waals surface area contributed by atoms with E-state index in [4.69, 9.17) is 10.2 Å². The lowest BCUT2D eigenvalue weighted by Crippen LogP contribution is -2.49. The largest absolute Gasteiger partial charge is 0.480 e. The van der Waals surface area contributed by atoms with Crippen molar-refractivity contribution >= 4 is 11.9 Å². The molecule has 4 heteroatoms. The second-order valence-electron chi connectivity index (χ2n) is 4.12. The van der Waals surface area contributed by atoms with Gasteiger partial charge in [0.25, 0.3) is 0 Å². The molecule has 0 saturated carbocycles. The SMILES string of the molecule is CCC(C(=O)O)(C(=O)O)C(C)(C)C. The second-order valence-corrected chi connectivity index (χ2v) is 4.12. The maximum Gasteiger partial charge on any atom is 0.321 e. The van der Waals surface area contributed by atoms with Crippen LogP contribution in [0.2, 0.25) is 0 Å². The molecule has 0 saturated heterocycles. The van der Waals surface area contributed by atoms with Gasteiger partial charge in [0.1, 0.15) is 0 Å². The monoisotopic (exact) mass is 188 g/mol. The van der Waals surface area contributed by atoms with Crippen LogP contribution in [0.5, 0.6) is 0 Å². The Hall–Kier alpha value is -1.06. The number of aliphatic carboxylic acids is 2. The molecule has 0 aliphatic heterocycles. The Labute approximate surface area is 77.6 Å². The highest BCUT2D eigenvalue weighted by Gasteiger charge is 2.54. The molecule has 0 atom stereocenters. The second kappa shape index (κ2) is 3.36. The molecular weight excluding hydrogens is 172 g/mol. The molecule has 0 aromatic rings. The zero-order valence-corrected chi connectivity index (χ0v) is 8.42. The quantitative estimate of drug-likeness (QED) is 0.659. The summed E-state index contributed by atoms with van der Waals surface area (Å²) in [6, 6.07) is 0. The molecule has 0 spiro atoms. The molecule has 0 aromatic carbocycles. The first-order valence-corrected chi connectivity index (χ1v) is 4.17. The van der Waals surface area contributed by atoms with E-state index < -0.39 is 22.8 Å². The summed E-state index contributed by atoms with van der Waals surface area (Å²) in [7, 11) is 0. The number of carbonyl (C=O) groups is 2. The highest BCUT2D eigenvalue weighted by molar-refractivity contribution is 5.99. The lowest BCUT2D eigenvalue weighted by atomic mass is 9.65. The summed E-state index contributed by atoms with van der Waals surface area (Å²) >= 11 is 0. The van der Waals surface area contributed by atoms with Crippen molar-refractivity contribution in [2.75, 3.05) is 0 Å². The minimum atomic E-state index is -1.69. The van der Waals surface area contributed by atoms with E-state index in [0.717, 1.165) is 0 Å². The average Bonchev–Trinajstić information content (AvgIpc) is 1.83. The van der Waals surface area contributed by atoms with Crippen molar-refractivity contribution in [1.29, 1.82) is 0 Å². The molecule has 0 rings (SSSR count). The van der Waals surface area contributed by atoms with Gasteiger partial charge < -0.3 is 10.2 Å². The molecule has 76 valence electrons. The van der Waals surface area contributed by atoms with E-state index in [-0.39, 0.29) is 6.42 Å². The van der Waals surface area contributed by atoms with Gasteiger partial charge in [-0.25, -0.2) is 0 Å². The maximum atomic E-state index is 11.0. The first-order valence-electron chi connectivity index (χ1n) is 4.17. The van der Waals surface area contributed by atoms with Crippen LogP contribution in [0.15, 0.2) is 0 Å². The third-order valence-corrected chi connectivity index (χ3v) is 2.54. The van der Waals surface area contributed by atoms with E-state index in [1.165, 1.54) is 0 Å². The summed E-state index contributed by atoms with van der Waals surface area (Å²) in [6.45, 7) is 6.45. The van der Waals surface area contributed by atoms with Crippen molar-refractivity contribution in [2.24, 2.45) is 10.8 Å². The molecule has 0 aliphatic carbocycles. The third kappa shape index (κ3) is 1.66. The van der Waals surface area contributed by atoms with Gasteiger partial charge in [-0.1, -0.05) is 27.7 Å². The average molecular weight is 188 g/mol. The van der Waals surface area contributed by atoms with Gasteiger partial charge in [0.15, 0.2) is 5.41 Å². The number of hydrogen-bond donors (Lipinski definition) is 2. The van der Waals surface area contributed by atoms with Crippen LogP contribution in [0.4, 0.5) is 0 Å². The Balaban J connectivity index is 5.38. The van der Waals surface area contributed by atoms with Gasteiger partial charge in [0, 0.05) is 0 Å². The summed E-state index contributed by atoms with van der Waals surface area (Å²) in [6.07, 6.45) is 0.0845. The van der Waals surface area contributed by atoms with E-state index in [9.17, 15) is 9.59 Å². The fraction of sp³-hybridized carbons (Fsp3) is 0.778. The Morgan fingerprint density at radius 2 is 1.38 bits per heavy atom. The molecule has 13 heavy (non-hydrogen) atoms. The summed E-state index contributed by atoms with van der Waals surface area (Å²) in [5.74, 6) is -2.54. The summed E-state index contributed by atoms with van der Waals surface area (Å²) < 4.78 is 0. The normalized spacial score (nSPS) is 12.6. The molecule has 0 fully saturated rings. The van der Waals surface area contributed by atoms with Gasteiger partial charge in [0.2, 0.25) is 0 Å². The fourth-order valence-electron chi connectivity index (χ4n) is 1.57. The zero-order chi connectivity index (χ0) is 10.9. The first-order chi connectivity index (χ1) is 5.70. The van der Waals surface area contributed by atoms with Crippen molar-refractivity contribution in [3.63, 3.8) is 0 Å². The van der Waals surface area contributed by atoms with Crippen LogP contribution in [0, 0.1) is 10.8 Å². The molecule has 0 amide bonds. The number of rotatable bonds is 3. The molecule has 0 bridgehead atoms. The van der Waals surface area contributed by atoms with Gasteiger partial charge in [-0.3, -0.25) is 9.59 Å². The predicted octanol–water partition coefficient (Wildman–Crippen LogP) is 1.60. The van der Waals surface area contributed by atoms with Crippen LogP contribution in [0.1, 0.15) is 34.1 Å². The standard InChI is InChI=1S/C9H16O4/c1-5-9(6(10)11,7(12)13)8(2,3)4/h5H2,1-4H3,(H,10,11)(H,12,13).